The third kappa shape index (κ3) is 3.55. The molecule has 0 unspecified atom stereocenters. The summed E-state index contributed by atoms with van der Waals surface area (Å²) in [5.74, 6) is 1.65. The zero-order valence-electron chi connectivity index (χ0n) is 15.7. The normalized spacial score (nSPS) is 18.1. The molecule has 2 aromatic heterocycles. The van der Waals surface area contributed by atoms with Crippen LogP contribution in [0.4, 0.5) is 5.82 Å². The van der Waals surface area contributed by atoms with Gasteiger partial charge in [-0.05, 0) is 44.0 Å². The molecule has 1 fully saturated rings. The van der Waals surface area contributed by atoms with Gasteiger partial charge in [0.1, 0.15) is 5.82 Å². The molecule has 1 aliphatic heterocycles. The molecular formula is C20H25N5O2. The van der Waals surface area contributed by atoms with Gasteiger partial charge in [-0.1, -0.05) is 6.07 Å². The molecule has 0 saturated carbocycles. The summed E-state index contributed by atoms with van der Waals surface area (Å²) in [5.41, 5.74) is 10.0. The molecule has 27 heavy (non-hydrogen) atoms. The number of rotatable bonds is 4. The van der Waals surface area contributed by atoms with Gasteiger partial charge in [0.05, 0.1) is 18.5 Å². The highest BCUT2D eigenvalue weighted by Crippen LogP contribution is 2.30. The molecule has 0 spiro atoms. The number of aromatic nitrogens is 3. The van der Waals surface area contributed by atoms with Crippen molar-refractivity contribution < 1.29 is 9.84 Å². The molecule has 142 valence electrons. The second kappa shape index (κ2) is 7.08. The highest BCUT2D eigenvalue weighted by molar-refractivity contribution is 5.48. The summed E-state index contributed by atoms with van der Waals surface area (Å²) in [7, 11) is 1.56. The lowest BCUT2D eigenvalue weighted by molar-refractivity contribution is 0.198. The molecule has 3 aromatic rings. The van der Waals surface area contributed by atoms with Crippen LogP contribution < -0.4 is 10.5 Å². The molecule has 4 rings (SSSR count). The van der Waals surface area contributed by atoms with E-state index >= 15 is 0 Å². The maximum atomic E-state index is 10.0. The van der Waals surface area contributed by atoms with Gasteiger partial charge >= 0.3 is 0 Å². The summed E-state index contributed by atoms with van der Waals surface area (Å²) < 4.78 is 6.82. The number of hydrogen-bond acceptors (Lipinski definition) is 6. The Morgan fingerprint density at radius 3 is 2.93 bits per heavy atom. The number of aryl methyl sites for hydroxylation is 1. The van der Waals surface area contributed by atoms with Gasteiger partial charge < -0.3 is 15.6 Å². The summed E-state index contributed by atoms with van der Waals surface area (Å²) in [4.78, 5) is 7.20. The Hall–Kier alpha value is -2.80. The maximum Gasteiger partial charge on any atom is 0.160 e. The van der Waals surface area contributed by atoms with E-state index in [4.69, 9.17) is 15.5 Å². The maximum absolute atomic E-state index is 10.0. The average Bonchev–Trinajstić information content (AvgIpc) is 3.03. The quantitative estimate of drug-likeness (QED) is 0.737. The number of anilines is 1. The summed E-state index contributed by atoms with van der Waals surface area (Å²) in [5, 5.41) is 14.4. The number of likely N-dealkylation sites (tertiary alicyclic amines) is 1. The van der Waals surface area contributed by atoms with Crippen LogP contribution in [0, 0.1) is 6.92 Å². The number of phenols is 1. The molecule has 7 heteroatoms. The number of ether oxygens (including phenoxy) is 1. The van der Waals surface area contributed by atoms with Gasteiger partial charge in [0.15, 0.2) is 17.1 Å². The fourth-order valence-corrected chi connectivity index (χ4v) is 3.87. The largest absolute Gasteiger partial charge is 0.504 e. The first-order valence-corrected chi connectivity index (χ1v) is 9.24. The molecule has 0 radical (unpaired) electrons. The van der Waals surface area contributed by atoms with E-state index in [2.05, 4.69) is 10.00 Å². The van der Waals surface area contributed by atoms with Gasteiger partial charge in [-0.15, -0.1) is 0 Å². The summed E-state index contributed by atoms with van der Waals surface area (Å²) >= 11 is 0. The molecule has 1 atom stereocenters. The van der Waals surface area contributed by atoms with Crippen LogP contribution in [-0.4, -0.2) is 44.8 Å². The minimum absolute atomic E-state index is 0.180. The van der Waals surface area contributed by atoms with Crippen molar-refractivity contribution in [3.63, 3.8) is 0 Å². The van der Waals surface area contributed by atoms with Crippen molar-refractivity contribution in [1.29, 1.82) is 0 Å². The van der Waals surface area contributed by atoms with E-state index in [9.17, 15) is 5.11 Å². The number of nitrogen functional groups attached to an aromatic ring is 1. The number of benzene rings is 1. The Balaban J connectivity index is 1.52. The number of methoxy groups -OCH3 is 1. The van der Waals surface area contributed by atoms with E-state index < -0.39 is 0 Å². The van der Waals surface area contributed by atoms with E-state index in [0.717, 1.165) is 55.1 Å². The third-order valence-electron chi connectivity index (χ3n) is 5.17. The molecule has 1 aliphatic rings. The molecule has 1 saturated heterocycles. The summed E-state index contributed by atoms with van der Waals surface area (Å²) in [6.07, 6.45) is 2.21. The van der Waals surface area contributed by atoms with Crippen LogP contribution in [0.25, 0.3) is 5.65 Å². The Bertz CT molecular complexity index is 968. The van der Waals surface area contributed by atoms with Crippen molar-refractivity contribution in [2.45, 2.75) is 32.2 Å². The number of piperidine rings is 1. The lowest BCUT2D eigenvalue weighted by atomic mass is 9.94. The fraction of sp³-hybridized carbons (Fsp3) is 0.400. The number of phenolic OH excluding ortho intramolecular Hbond substituents is 1. The first-order valence-electron chi connectivity index (χ1n) is 9.24. The predicted octanol–water partition coefficient (Wildman–Crippen LogP) is 2.71. The molecule has 3 heterocycles. The van der Waals surface area contributed by atoms with E-state index in [1.165, 1.54) is 0 Å². The van der Waals surface area contributed by atoms with Crippen LogP contribution in [0.3, 0.4) is 0 Å². The van der Waals surface area contributed by atoms with Crippen molar-refractivity contribution >= 4 is 11.5 Å². The average molecular weight is 367 g/mol. The van der Waals surface area contributed by atoms with Crippen molar-refractivity contribution in [2.75, 3.05) is 25.9 Å². The smallest absolute Gasteiger partial charge is 0.160 e. The summed E-state index contributed by atoms with van der Waals surface area (Å²) in [6.45, 7) is 4.69. The van der Waals surface area contributed by atoms with Crippen molar-refractivity contribution in [2.24, 2.45) is 0 Å². The topological polar surface area (TPSA) is 88.9 Å². The van der Waals surface area contributed by atoms with Crippen LogP contribution in [0.1, 0.15) is 35.7 Å². The monoisotopic (exact) mass is 367 g/mol. The fourth-order valence-electron chi connectivity index (χ4n) is 3.87. The first kappa shape index (κ1) is 17.6. The van der Waals surface area contributed by atoms with Crippen LogP contribution in [-0.2, 0) is 6.54 Å². The molecule has 1 aromatic carbocycles. The number of aromatic hydroxyl groups is 1. The number of fused-ring (bicyclic) bond motifs is 1. The second-order valence-electron chi connectivity index (χ2n) is 7.24. The molecule has 7 nitrogen and oxygen atoms in total. The highest BCUT2D eigenvalue weighted by Gasteiger charge is 2.24. The van der Waals surface area contributed by atoms with Gasteiger partial charge in [0.2, 0.25) is 0 Å². The van der Waals surface area contributed by atoms with Gasteiger partial charge in [-0.25, -0.2) is 4.98 Å². The Morgan fingerprint density at radius 1 is 1.30 bits per heavy atom. The second-order valence-corrected chi connectivity index (χ2v) is 7.24. The SMILES string of the molecule is COc1ccc(CN2CCC[C@@H](c3cc(N)n4nc(C)cc4n3)C2)cc1O. The molecule has 3 N–H and O–H groups in total. The van der Waals surface area contributed by atoms with E-state index in [-0.39, 0.29) is 5.75 Å². The van der Waals surface area contributed by atoms with E-state index in [1.807, 2.05) is 31.2 Å². The predicted molar refractivity (Wildman–Crippen MR) is 104 cm³/mol. The Labute approximate surface area is 158 Å². The Kier molecular flexibility index (Phi) is 4.61. The van der Waals surface area contributed by atoms with Crippen molar-refractivity contribution in [1.82, 2.24) is 19.5 Å². The van der Waals surface area contributed by atoms with E-state index in [0.29, 0.717) is 17.5 Å². The third-order valence-corrected chi connectivity index (χ3v) is 5.17. The van der Waals surface area contributed by atoms with Crippen LogP contribution >= 0.6 is 0 Å². The zero-order valence-corrected chi connectivity index (χ0v) is 15.7. The minimum atomic E-state index is 0.180. The molecular weight excluding hydrogens is 342 g/mol. The van der Waals surface area contributed by atoms with Gasteiger partial charge in [0, 0.05) is 31.1 Å². The number of nitrogens with two attached hydrogens (primary N) is 1. The van der Waals surface area contributed by atoms with Gasteiger partial charge in [0.25, 0.3) is 0 Å². The highest BCUT2D eigenvalue weighted by atomic mass is 16.5. The van der Waals surface area contributed by atoms with Crippen molar-refractivity contribution in [3.05, 3.63) is 47.3 Å². The minimum Gasteiger partial charge on any atom is -0.504 e. The lowest BCUT2D eigenvalue weighted by Crippen LogP contribution is -2.34. The van der Waals surface area contributed by atoms with Crippen LogP contribution in [0.2, 0.25) is 0 Å². The molecule has 0 amide bonds. The standard InChI is InChI=1S/C20H25N5O2/c1-13-8-20-22-16(10-19(21)25(20)23-13)15-4-3-7-24(12-15)11-14-5-6-18(27-2)17(26)9-14/h5-6,8-10,15,26H,3-4,7,11-12,21H2,1-2H3/t15-/m1/s1. The molecule has 0 aliphatic carbocycles. The van der Waals surface area contributed by atoms with Crippen LogP contribution in [0.15, 0.2) is 30.3 Å². The van der Waals surface area contributed by atoms with Crippen LogP contribution in [0.5, 0.6) is 11.5 Å². The number of nitrogens with zero attached hydrogens (tertiary/aromatic N) is 4. The lowest BCUT2D eigenvalue weighted by Gasteiger charge is -2.32. The first-order chi connectivity index (χ1) is 13.0. The van der Waals surface area contributed by atoms with Gasteiger partial charge in [-0.3, -0.25) is 4.90 Å². The van der Waals surface area contributed by atoms with Crippen molar-refractivity contribution in [3.8, 4) is 11.5 Å². The van der Waals surface area contributed by atoms with Gasteiger partial charge in [-0.2, -0.15) is 9.61 Å². The Morgan fingerprint density at radius 2 is 2.15 bits per heavy atom. The number of hydrogen-bond donors (Lipinski definition) is 2. The summed E-state index contributed by atoms with van der Waals surface area (Å²) in [6, 6.07) is 9.50. The zero-order chi connectivity index (χ0) is 19.0. The van der Waals surface area contributed by atoms with E-state index in [1.54, 1.807) is 17.7 Å². The molecule has 0 bridgehead atoms.